The van der Waals surface area contributed by atoms with Gasteiger partial charge in [-0.2, -0.15) is 0 Å². The van der Waals surface area contributed by atoms with E-state index in [1.54, 1.807) is 0 Å². The number of anilines is 2. The number of nitrogens with one attached hydrogen (secondary N) is 1. The Balaban J connectivity index is 1.15. The lowest BCUT2D eigenvalue weighted by atomic mass is 9.58. The number of unbranched alkanes of at least 4 members (excludes halogenated alkanes) is 2. The lowest BCUT2D eigenvalue weighted by molar-refractivity contribution is 0.591. The molecule has 0 spiro atoms. The molecule has 311 valence electrons. The summed E-state index contributed by atoms with van der Waals surface area (Å²) in [6.45, 7) is 14.1. The first kappa shape index (κ1) is 39.3. The SMILES string of the molecule is CCCCCc1ccc(Nc2ccccc2-c2cc(-c3ccc4c(c3)sc3ccccc34)c3c4cc(C(C)(C)C)ccc4n4c3c2[B]c2cc3c(cc2-4)-c2ccccc2C3(C)C)cc1. The minimum atomic E-state index is -0.106. The highest BCUT2D eigenvalue weighted by molar-refractivity contribution is 7.25. The average Bonchev–Trinajstić information content (AvgIpc) is 3.92. The van der Waals surface area contributed by atoms with Crippen LogP contribution in [0, 0.1) is 0 Å². The van der Waals surface area contributed by atoms with Gasteiger partial charge in [0.05, 0.1) is 5.52 Å². The van der Waals surface area contributed by atoms with Gasteiger partial charge in [0.2, 0.25) is 0 Å². The van der Waals surface area contributed by atoms with Crippen molar-refractivity contribution < 1.29 is 0 Å². The monoisotopic (exact) mass is 843 g/mol. The molecule has 4 heteroatoms. The third kappa shape index (κ3) is 6.06. The molecule has 2 aliphatic rings. The van der Waals surface area contributed by atoms with Crippen LogP contribution in [0.1, 0.15) is 83.1 Å². The first-order valence-corrected chi connectivity index (χ1v) is 24.0. The van der Waals surface area contributed by atoms with E-state index >= 15 is 0 Å². The molecule has 1 aliphatic heterocycles. The lowest BCUT2D eigenvalue weighted by Crippen LogP contribution is -2.38. The number of aromatic nitrogens is 1. The molecule has 0 fully saturated rings. The fourth-order valence-electron chi connectivity index (χ4n) is 11.0. The van der Waals surface area contributed by atoms with Crippen molar-refractivity contribution in [2.75, 3.05) is 5.32 Å². The highest BCUT2D eigenvalue weighted by Crippen LogP contribution is 2.51. The number of benzene rings is 8. The number of nitrogens with zero attached hydrogens (tertiary/aromatic N) is 1. The second-order valence-corrected chi connectivity index (χ2v) is 20.9. The van der Waals surface area contributed by atoms with Crippen LogP contribution in [0.3, 0.4) is 0 Å². The molecule has 1 N–H and O–H groups in total. The standard InChI is InChI=1S/C60H52BN2S/c1-7-8-9-16-36-23-27-39(28-24-36)62-51-21-14-11-18-41(51)46-33-44(37-25-29-43-42-19-12-15-22-54(42)64-55(43)31-37)56-47-32-38(59(2,3)4)26-30-52(47)63-53-34-45-40-17-10-13-20-48(40)60(5,6)49(45)35-50(53)61-57(46)58(56)63/h10-15,17-35,62H,7-9,16H2,1-6H3. The molecule has 2 aromatic heterocycles. The van der Waals surface area contributed by atoms with Crippen molar-refractivity contribution in [3.05, 3.63) is 174 Å². The fourth-order valence-corrected chi connectivity index (χ4v) is 12.1. The summed E-state index contributed by atoms with van der Waals surface area (Å²) >= 11 is 1.89. The topological polar surface area (TPSA) is 17.0 Å². The molecule has 0 amide bonds. The Bertz CT molecular complexity index is 3520. The van der Waals surface area contributed by atoms with E-state index in [0.29, 0.717) is 0 Å². The van der Waals surface area contributed by atoms with E-state index in [1.807, 2.05) is 11.3 Å². The van der Waals surface area contributed by atoms with Gasteiger partial charge in [-0.15, -0.1) is 11.3 Å². The summed E-state index contributed by atoms with van der Waals surface area (Å²) in [5, 5.41) is 9.16. The number of thiophene rings is 1. The molecule has 0 saturated heterocycles. The highest BCUT2D eigenvalue weighted by atomic mass is 32.1. The lowest BCUT2D eigenvalue weighted by Gasteiger charge is -2.27. The van der Waals surface area contributed by atoms with Crippen molar-refractivity contribution in [3.63, 3.8) is 0 Å². The molecular weight excluding hydrogens is 792 g/mol. The molecule has 3 heterocycles. The number of hydrogen-bond donors (Lipinski definition) is 1. The molecule has 1 aliphatic carbocycles. The Morgan fingerprint density at radius 2 is 1.39 bits per heavy atom. The maximum atomic E-state index is 3.90. The third-order valence-electron chi connectivity index (χ3n) is 14.4. The van der Waals surface area contributed by atoms with Gasteiger partial charge in [-0.1, -0.05) is 157 Å². The second-order valence-electron chi connectivity index (χ2n) is 19.8. The number of rotatable bonds is 8. The van der Waals surface area contributed by atoms with E-state index in [-0.39, 0.29) is 10.8 Å². The van der Waals surface area contributed by atoms with Crippen LogP contribution in [0.2, 0.25) is 0 Å². The van der Waals surface area contributed by atoms with Crippen molar-refractivity contribution in [2.24, 2.45) is 0 Å². The van der Waals surface area contributed by atoms with E-state index in [1.165, 1.54) is 133 Å². The summed E-state index contributed by atoms with van der Waals surface area (Å²) < 4.78 is 5.26. The molecule has 8 aromatic carbocycles. The zero-order chi connectivity index (χ0) is 43.5. The van der Waals surface area contributed by atoms with Crippen molar-refractivity contribution in [3.8, 4) is 39.1 Å². The van der Waals surface area contributed by atoms with Crippen molar-refractivity contribution in [2.45, 2.75) is 78.1 Å². The molecule has 12 rings (SSSR count). The highest BCUT2D eigenvalue weighted by Gasteiger charge is 2.38. The van der Waals surface area contributed by atoms with Crippen LogP contribution >= 0.6 is 11.3 Å². The van der Waals surface area contributed by atoms with Gasteiger partial charge in [0, 0.05) is 64.5 Å². The molecule has 64 heavy (non-hydrogen) atoms. The zero-order valence-electron chi connectivity index (χ0n) is 37.7. The predicted molar refractivity (Wildman–Crippen MR) is 279 cm³/mol. The quantitative estimate of drug-likeness (QED) is 0.119. The van der Waals surface area contributed by atoms with E-state index in [4.69, 9.17) is 0 Å². The minimum Gasteiger partial charge on any atom is -0.355 e. The van der Waals surface area contributed by atoms with Crippen molar-refractivity contribution in [1.29, 1.82) is 0 Å². The Labute approximate surface area is 381 Å². The number of hydrogen-bond acceptors (Lipinski definition) is 2. The van der Waals surface area contributed by atoms with Crippen LogP contribution in [0.25, 0.3) is 81.0 Å². The van der Waals surface area contributed by atoms with Crippen LogP contribution in [0.15, 0.2) is 152 Å². The van der Waals surface area contributed by atoms with Gasteiger partial charge in [-0.3, -0.25) is 0 Å². The first-order valence-electron chi connectivity index (χ1n) is 23.2. The molecule has 0 bridgehead atoms. The van der Waals surface area contributed by atoms with Gasteiger partial charge in [-0.25, -0.2) is 0 Å². The molecule has 0 atom stereocenters. The van der Waals surface area contributed by atoms with E-state index in [0.717, 1.165) is 17.8 Å². The van der Waals surface area contributed by atoms with Gasteiger partial charge >= 0.3 is 0 Å². The third-order valence-corrected chi connectivity index (χ3v) is 15.6. The maximum absolute atomic E-state index is 3.90. The summed E-state index contributed by atoms with van der Waals surface area (Å²) in [5.41, 5.74) is 21.5. The number of para-hydroxylation sites is 1. The van der Waals surface area contributed by atoms with Crippen LogP contribution in [0.4, 0.5) is 11.4 Å². The summed E-state index contributed by atoms with van der Waals surface area (Å²) in [7, 11) is 2.51. The van der Waals surface area contributed by atoms with Crippen LogP contribution in [0.5, 0.6) is 0 Å². The molecule has 10 aromatic rings. The molecule has 0 saturated carbocycles. The minimum absolute atomic E-state index is 0.0137. The number of aryl methyl sites for hydroxylation is 1. The summed E-state index contributed by atoms with van der Waals surface area (Å²) in [6, 6.07) is 57.9. The van der Waals surface area contributed by atoms with Crippen LogP contribution in [-0.4, -0.2) is 11.8 Å². The predicted octanol–water partition coefficient (Wildman–Crippen LogP) is 15.5. The Hall–Kier alpha value is -6.36. The summed E-state index contributed by atoms with van der Waals surface area (Å²) in [5.74, 6) is 0. The average molecular weight is 844 g/mol. The molecular formula is C60H52BN2S. The molecule has 2 nitrogen and oxygen atoms in total. The van der Waals surface area contributed by atoms with Crippen LogP contribution in [-0.2, 0) is 17.3 Å². The maximum Gasteiger partial charge on any atom is 0.197 e. The Morgan fingerprint density at radius 3 is 2.22 bits per heavy atom. The largest absolute Gasteiger partial charge is 0.355 e. The van der Waals surface area contributed by atoms with E-state index in [9.17, 15) is 0 Å². The van der Waals surface area contributed by atoms with Gasteiger partial charge < -0.3 is 9.88 Å². The van der Waals surface area contributed by atoms with Crippen molar-refractivity contribution >= 4 is 82.9 Å². The van der Waals surface area contributed by atoms with Crippen molar-refractivity contribution in [1.82, 2.24) is 4.57 Å². The summed E-state index contributed by atoms with van der Waals surface area (Å²) in [4.78, 5) is 0. The molecule has 1 radical (unpaired) electrons. The molecule has 0 unspecified atom stereocenters. The zero-order valence-corrected chi connectivity index (χ0v) is 38.5. The van der Waals surface area contributed by atoms with Crippen LogP contribution < -0.4 is 16.2 Å². The van der Waals surface area contributed by atoms with E-state index in [2.05, 4.69) is 210 Å². The van der Waals surface area contributed by atoms with E-state index < -0.39 is 0 Å². The summed E-state index contributed by atoms with van der Waals surface area (Å²) in [6.07, 6.45) is 4.86. The van der Waals surface area contributed by atoms with Gasteiger partial charge in [-0.05, 0) is 128 Å². The smallest absolute Gasteiger partial charge is 0.197 e. The van der Waals surface area contributed by atoms with Gasteiger partial charge in [0.15, 0.2) is 7.28 Å². The normalized spacial score (nSPS) is 13.7. The Kier molecular flexibility index (Phi) is 8.95. The number of fused-ring (bicyclic) bond motifs is 11. The van der Waals surface area contributed by atoms with Gasteiger partial charge in [0.25, 0.3) is 0 Å². The first-order chi connectivity index (χ1) is 31.1. The van der Waals surface area contributed by atoms with Gasteiger partial charge in [0.1, 0.15) is 0 Å². The Morgan fingerprint density at radius 1 is 0.625 bits per heavy atom. The second kappa shape index (κ2) is 14.6. The fraction of sp³-hybridized carbons (Fsp3) is 0.200.